The van der Waals surface area contributed by atoms with Gasteiger partial charge in [0, 0.05) is 38.6 Å². The van der Waals surface area contributed by atoms with E-state index < -0.39 is 10.0 Å². The molecule has 0 unspecified atom stereocenters. The molecule has 1 aromatic heterocycles. The Bertz CT molecular complexity index is 866. The standard InChI is InChI=1S/C17H21N5O4S/c1-26-14-3-5-15(6-4-14)27(24,25)20-13-16(23)21-9-11-22(12-10-21)17-18-7-2-8-19-17/h2-8,20H,9-13H2,1H3. The van der Waals surface area contributed by atoms with Gasteiger partial charge >= 0.3 is 0 Å². The molecule has 27 heavy (non-hydrogen) atoms. The smallest absolute Gasteiger partial charge is 0.241 e. The minimum absolute atomic E-state index is 0.0853. The number of amides is 1. The van der Waals surface area contributed by atoms with Crippen molar-refractivity contribution in [1.82, 2.24) is 19.6 Å². The van der Waals surface area contributed by atoms with Gasteiger partial charge in [0.1, 0.15) is 5.75 Å². The van der Waals surface area contributed by atoms with Crippen LogP contribution >= 0.6 is 0 Å². The first-order valence-electron chi connectivity index (χ1n) is 8.43. The molecule has 1 saturated heterocycles. The Balaban J connectivity index is 1.52. The molecule has 3 rings (SSSR count). The number of carbonyl (C=O) groups excluding carboxylic acids is 1. The highest BCUT2D eigenvalue weighted by Gasteiger charge is 2.24. The number of piperazine rings is 1. The van der Waals surface area contributed by atoms with Crippen LogP contribution in [0, 0.1) is 0 Å². The lowest BCUT2D eigenvalue weighted by Gasteiger charge is -2.34. The Hall–Kier alpha value is -2.72. The maximum absolute atomic E-state index is 12.3. The van der Waals surface area contributed by atoms with Crippen molar-refractivity contribution in [2.75, 3.05) is 44.7 Å². The second-order valence-electron chi connectivity index (χ2n) is 5.92. The molecule has 1 aliphatic heterocycles. The molecule has 1 N–H and O–H groups in total. The van der Waals surface area contributed by atoms with Gasteiger partial charge < -0.3 is 14.5 Å². The zero-order valence-electron chi connectivity index (χ0n) is 14.9. The number of benzene rings is 1. The Morgan fingerprint density at radius 1 is 1.11 bits per heavy atom. The van der Waals surface area contributed by atoms with Gasteiger partial charge in [-0.05, 0) is 30.3 Å². The molecule has 10 heteroatoms. The maximum Gasteiger partial charge on any atom is 0.241 e. The van der Waals surface area contributed by atoms with Crippen LogP contribution in [-0.4, -0.2) is 69.0 Å². The van der Waals surface area contributed by atoms with Gasteiger partial charge in [0.2, 0.25) is 21.9 Å². The summed E-state index contributed by atoms with van der Waals surface area (Å²) in [6.45, 7) is 1.89. The van der Waals surface area contributed by atoms with Gasteiger partial charge in [-0.2, -0.15) is 0 Å². The van der Waals surface area contributed by atoms with Crippen LogP contribution in [0.5, 0.6) is 5.75 Å². The molecule has 144 valence electrons. The first-order chi connectivity index (χ1) is 13.0. The summed E-state index contributed by atoms with van der Waals surface area (Å²) in [6, 6.07) is 7.73. The molecule has 0 atom stereocenters. The highest BCUT2D eigenvalue weighted by molar-refractivity contribution is 7.89. The average Bonchev–Trinajstić information content (AvgIpc) is 2.73. The van der Waals surface area contributed by atoms with E-state index in [1.54, 1.807) is 35.5 Å². The van der Waals surface area contributed by atoms with E-state index in [1.807, 2.05) is 4.90 Å². The van der Waals surface area contributed by atoms with E-state index in [4.69, 9.17) is 4.74 Å². The molecule has 0 saturated carbocycles. The minimum Gasteiger partial charge on any atom is -0.497 e. The average molecular weight is 391 g/mol. The third kappa shape index (κ3) is 4.72. The fourth-order valence-corrected chi connectivity index (χ4v) is 3.69. The number of sulfonamides is 1. The van der Waals surface area contributed by atoms with E-state index in [-0.39, 0.29) is 17.3 Å². The van der Waals surface area contributed by atoms with Gasteiger partial charge in [-0.1, -0.05) is 0 Å². The summed E-state index contributed by atoms with van der Waals surface area (Å²) in [6.07, 6.45) is 3.35. The SMILES string of the molecule is COc1ccc(S(=O)(=O)NCC(=O)N2CCN(c3ncccn3)CC2)cc1. The lowest BCUT2D eigenvalue weighted by Crippen LogP contribution is -2.51. The lowest BCUT2D eigenvalue weighted by atomic mass is 10.3. The van der Waals surface area contributed by atoms with Gasteiger partial charge in [-0.25, -0.2) is 23.1 Å². The lowest BCUT2D eigenvalue weighted by molar-refractivity contribution is -0.130. The van der Waals surface area contributed by atoms with E-state index in [9.17, 15) is 13.2 Å². The fourth-order valence-electron chi connectivity index (χ4n) is 2.72. The van der Waals surface area contributed by atoms with Crippen LogP contribution in [0.15, 0.2) is 47.6 Å². The van der Waals surface area contributed by atoms with E-state index >= 15 is 0 Å². The molecular formula is C17H21N5O4S. The Kier molecular flexibility index (Phi) is 5.87. The summed E-state index contributed by atoms with van der Waals surface area (Å²) in [5.41, 5.74) is 0. The van der Waals surface area contributed by atoms with Crippen LogP contribution in [0.25, 0.3) is 0 Å². The summed E-state index contributed by atoms with van der Waals surface area (Å²) >= 11 is 0. The zero-order valence-corrected chi connectivity index (χ0v) is 15.7. The van der Waals surface area contributed by atoms with Crippen molar-refractivity contribution in [1.29, 1.82) is 0 Å². The predicted molar refractivity (Wildman–Crippen MR) is 99.0 cm³/mol. The molecule has 0 spiro atoms. The Morgan fingerprint density at radius 3 is 2.33 bits per heavy atom. The van der Waals surface area contributed by atoms with Crippen molar-refractivity contribution in [3.63, 3.8) is 0 Å². The third-order valence-electron chi connectivity index (χ3n) is 4.25. The van der Waals surface area contributed by atoms with Crippen molar-refractivity contribution in [2.45, 2.75) is 4.90 Å². The molecule has 0 radical (unpaired) electrons. The largest absolute Gasteiger partial charge is 0.497 e. The number of nitrogens with one attached hydrogen (secondary N) is 1. The second kappa shape index (κ2) is 8.31. The molecular weight excluding hydrogens is 370 g/mol. The Morgan fingerprint density at radius 2 is 1.74 bits per heavy atom. The first-order valence-corrected chi connectivity index (χ1v) is 9.91. The van der Waals surface area contributed by atoms with Crippen molar-refractivity contribution in [3.8, 4) is 5.75 Å². The number of hydrogen-bond donors (Lipinski definition) is 1. The van der Waals surface area contributed by atoms with Crippen LogP contribution in [-0.2, 0) is 14.8 Å². The highest BCUT2D eigenvalue weighted by atomic mass is 32.2. The van der Waals surface area contributed by atoms with Crippen LogP contribution in [0.1, 0.15) is 0 Å². The summed E-state index contributed by atoms with van der Waals surface area (Å²) in [5.74, 6) is 0.927. The molecule has 9 nitrogen and oxygen atoms in total. The van der Waals surface area contributed by atoms with Crippen molar-refractivity contribution >= 4 is 21.9 Å². The molecule has 1 amide bonds. The van der Waals surface area contributed by atoms with Gasteiger partial charge in [-0.15, -0.1) is 0 Å². The topological polar surface area (TPSA) is 105 Å². The molecule has 1 fully saturated rings. The van der Waals surface area contributed by atoms with Gasteiger partial charge in [-0.3, -0.25) is 4.79 Å². The zero-order chi connectivity index (χ0) is 19.3. The molecule has 1 aliphatic rings. The number of carbonyl (C=O) groups is 1. The van der Waals surface area contributed by atoms with Crippen molar-refractivity contribution in [2.24, 2.45) is 0 Å². The van der Waals surface area contributed by atoms with Gasteiger partial charge in [0.25, 0.3) is 0 Å². The van der Waals surface area contributed by atoms with Gasteiger partial charge in [0.05, 0.1) is 18.6 Å². The van der Waals surface area contributed by atoms with Crippen LogP contribution in [0.3, 0.4) is 0 Å². The van der Waals surface area contributed by atoms with Crippen LogP contribution in [0.2, 0.25) is 0 Å². The number of methoxy groups -OCH3 is 1. The molecule has 1 aromatic carbocycles. The predicted octanol–water partition coefficient (Wildman–Crippen LogP) is 0.112. The number of nitrogens with zero attached hydrogens (tertiary/aromatic N) is 4. The summed E-state index contributed by atoms with van der Waals surface area (Å²) in [5, 5.41) is 0. The van der Waals surface area contributed by atoms with E-state index in [0.717, 1.165) is 0 Å². The Labute approximate surface area is 158 Å². The van der Waals surface area contributed by atoms with E-state index in [2.05, 4.69) is 14.7 Å². The quantitative estimate of drug-likeness (QED) is 0.745. The van der Waals surface area contributed by atoms with Crippen molar-refractivity contribution in [3.05, 3.63) is 42.7 Å². The third-order valence-corrected chi connectivity index (χ3v) is 5.67. The monoisotopic (exact) mass is 391 g/mol. The van der Waals surface area contributed by atoms with Crippen molar-refractivity contribution < 1.29 is 17.9 Å². The molecule has 2 aromatic rings. The molecule has 2 heterocycles. The van der Waals surface area contributed by atoms with Crippen LogP contribution in [0.4, 0.5) is 5.95 Å². The summed E-state index contributed by atoms with van der Waals surface area (Å²) < 4.78 is 32.0. The maximum atomic E-state index is 12.3. The molecule has 0 bridgehead atoms. The number of hydrogen-bond acceptors (Lipinski definition) is 7. The van der Waals surface area contributed by atoms with Crippen LogP contribution < -0.4 is 14.4 Å². The first kappa shape index (κ1) is 19.1. The van der Waals surface area contributed by atoms with E-state index in [1.165, 1.54) is 19.2 Å². The normalized spacial score (nSPS) is 14.9. The minimum atomic E-state index is -3.76. The summed E-state index contributed by atoms with van der Waals surface area (Å²) in [7, 11) is -2.25. The number of rotatable bonds is 6. The molecule has 0 aliphatic carbocycles. The number of ether oxygens (including phenoxy) is 1. The summed E-state index contributed by atoms with van der Waals surface area (Å²) in [4.78, 5) is 24.5. The number of anilines is 1. The highest BCUT2D eigenvalue weighted by Crippen LogP contribution is 2.15. The number of aromatic nitrogens is 2. The fraction of sp³-hybridized carbons (Fsp3) is 0.353. The second-order valence-corrected chi connectivity index (χ2v) is 7.68. The van der Waals surface area contributed by atoms with Gasteiger partial charge in [0.15, 0.2) is 0 Å². The van der Waals surface area contributed by atoms with E-state index in [0.29, 0.717) is 37.9 Å².